The number of anilines is 3. The number of hydrogen-bond donors (Lipinski definition) is 4. The molecule has 0 aliphatic carbocycles. The molecule has 0 bridgehead atoms. The van der Waals surface area contributed by atoms with Crippen molar-refractivity contribution in [3.05, 3.63) is 252 Å². The van der Waals surface area contributed by atoms with Gasteiger partial charge in [-0.15, -0.1) is 0 Å². The number of pyridine rings is 3. The minimum atomic E-state index is -1.89. The summed E-state index contributed by atoms with van der Waals surface area (Å²) in [5, 5.41) is 49.6. The van der Waals surface area contributed by atoms with E-state index in [1.54, 1.807) is 60.7 Å². The number of halogens is 8. The number of nitrogens with zero attached hydrogens (tertiary/aromatic N) is 7. The average molecular weight is 1230 g/mol. The Labute approximate surface area is 489 Å². The van der Waals surface area contributed by atoms with Gasteiger partial charge in [0.05, 0.1) is 26.2 Å². The van der Waals surface area contributed by atoms with Gasteiger partial charge in [-0.1, -0.05) is 72.3 Å². The Hall–Kier alpha value is -11.1. The van der Waals surface area contributed by atoms with Gasteiger partial charge >= 0.3 is 41.8 Å². The highest BCUT2D eigenvalue weighted by atomic mass is 35.5. The van der Waals surface area contributed by atoms with E-state index in [1.807, 2.05) is 6.07 Å². The van der Waals surface area contributed by atoms with Crippen LogP contribution in [0, 0.1) is 65.2 Å². The van der Waals surface area contributed by atoms with E-state index < -0.39 is 85.9 Å². The van der Waals surface area contributed by atoms with Crippen molar-refractivity contribution in [2.24, 2.45) is 0 Å². The van der Waals surface area contributed by atoms with Gasteiger partial charge in [0.2, 0.25) is 17.5 Å². The number of carbonyl (C=O) groups is 3. The molecule has 0 aliphatic rings. The number of benzene rings is 6. The molecule has 0 spiro atoms. The number of nitro groups is 3. The Morgan fingerprint density at radius 3 is 1.23 bits per heavy atom. The first kappa shape index (κ1) is 65.7. The fourth-order valence-electron chi connectivity index (χ4n) is 6.47. The summed E-state index contributed by atoms with van der Waals surface area (Å²) in [6.07, 6.45) is -2.73. The van der Waals surface area contributed by atoms with E-state index >= 15 is 0 Å². The van der Waals surface area contributed by atoms with Crippen molar-refractivity contribution < 1.29 is 79.8 Å². The normalized spacial score (nSPS) is 10.0. The van der Waals surface area contributed by atoms with Crippen LogP contribution in [0.5, 0.6) is 17.2 Å². The van der Waals surface area contributed by atoms with E-state index in [9.17, 15) is 71.1 Å². The lowest BCUT2D eigenvalue weighted by atomic mass is 9.80. The van der Waals surface area contributed by atoms with Crippen LogP contribution in [0.2, 0.25) is 5.15 Å². The predicted molar refractivity (Wildman–Crippen MR) is 299 cm³/mol. The summed E-state index contributed by atoms with van der Waals surface area (Å²) in [5.41, 5.74) is 7.78. The SMILES string of the molecule is Nc1nc(-c2ccc(F)cc2F)ccc1[N+](=O)[O-].Nc1nc(Cl)ccc1[N+](=O)[O-].O=C(Cl)Oc1ccccc1.O=C(Oc1ccccc1)N(C(=O)Oc1ccccc1)c1nc(-c2ccc(F)cc2F)ccc1[N+](=O)[O-].OB(O)c1ccc(F)cc1F. The topological polar surface area (TPSA) is 343 Å². The molecule has 9 rings (SSSR count). The molecule has 0 saturated heterocycles. The van der Waals surface area contributed by atoms with Gasteiger partial charge in [0, 0.05) is 64.6 Å². The Balaban J connectivity index is 0.000000223. The van der Waals surface area contributed by atoms with E-state index in [4.69, 9.17) is 54.2 Å². The summed E-state index contributed by atoms with van der Waals surface area (Å²) in [6.45, 7) is 0. The minimum absolute atomic E-state index is 0.0259. The predicted octanol–water partition coefficient (Wildman–Crippen LogP) is 12.0. The van der Waals surface area contributed by atoms with Crippen molar-refractivity contribution in [1.29, 1.82) is 0 Å². The van der Waals surface area contributed by atoms with Gasteiger partial charge in [0.1, 0.15) is 57.3 Å². The van der Waals surface area contributed by atoms with E-state index in [0.29, 0.717) is 23.9 Å². The van der Waals surface area contributed by atoms with Crippen molar-refractivity contribution in [3.8, 4) is 39.8 Å². The van der Waals surface area contributed by atoms with Crippen LogP contribution in [0.3, 0.4) is 0 Å². The molecule has 3 aromatic heterocycles. The summed E-state index contributed by atoms with van der Waals surface area (Å²) in [6, 6.07) is 39.0. The third kappa shape index (κ3) is 19.5. The van der Waals surface area contributed by atoms with Crippen molar-refractivity contribution >= 4 is 87.9 Å². The molecule has 6 aromatic carbocycles. The van der Waals surface area contributed by atoms with Crippen LogP contribution >= 0.6 is 23.2 Å². The number of hydrogen-bond acceptors (Lipinski definition) is 19. The van der Waals surface area contributed by atoms with Crippen molar-refractivity contribution in [2.75, 3.05) is 16.4 Å². The standard InChI is InChI=1S/C25H15F2N3O6.C11H7F2N3O2.C7H5ClO2.C6H5BF2O2.C5H4ClN3O2/c26-16-11-12-19(20(27)15-16)21-13-14-22(30(33)34)23(28-21)29(24(31)35-17-7-3-1-4-8-17)25(32)36-18-9-5-2-6-10-18;12-6-1-2-7(8(13)5-6)9-3-4-10(16(17)18)11(14)15-9;8-7(9)10-6-4-2-1-3-5-6;8-4-1-2-5(7(10)11)6(9)3-4;6-4-2-1-3(9(10)11)5(7)8-4/h1-15H;1-5H,(H2,14,15);1-5H;1-3,10-11H;1-2H,(H2,7,8). The zero-order valence-electron chi connectivity index (χ0n) is 43.0. The van der Waals surface area contributed by atoms with Gasteiger partial charge in [-0.25, -0.2) is 55.7 Å². The van der Waals surface area contributed by atoms with E-state index in [1.165, 1.54) is 48.5 Å². The molecule has 23 nitrogen and oxygen atoms in total. The highest BCUT2D eigenvalue weighted by molar-refractivity contribution is 6.61. The third-order valence-electron chi connectivity index (χ3n) is 10.3. The largest absolute Gasteiger partial charge is 0.491 e. The molecule has 0 saturated carbocycles. The molecule has 0 atom stereocenters. The van der Waals surface area contributed by atoms with Gasteiger partial charge in [-0.05, 0) is 84.9 Å². The summed E-state index contributed by atoms with van der Waals surface area (Å²) in [7, 11) is -1.89. The maximum Gasteiger partial charge on any atom is 0.491 e. The van der Waals surface area contributed by atoms with E-state index in [2.05, 4.69) is 19.7 Å². The summed E-state index contributed by atoms with van der Waals surface area (Å²) in [4.78, 5) is 78.1. The second-order valence-electron chi connectivity index (χ2n) is 16.1. The average Bonchev–Trinajstić information content (AvgIpc) is 2.32. The number of nitrogens with two attached hydrogens (primary N) is 2. The van der Waals surface area contributed by atoms with Crippen LogP contribution in [-0.2, 0) is 0 Å². The lowest BCUT2D eigenvalue weighted by molar-refractivity contribution is -0.384. The zero-order chi connectivity index (χ0) is 63.2. The molecule has 440 valence electrons. The van der Waals surface area contributed by atoms with Crippen LogP contribution in [0.1, 0.15) is 0 Å². The fourth-order valence-corrected chi connectivity index (χ4v) is 6.71. The van der Waals surface area contributed by atoms with Gasteiger partial charge in [-0.2, -0.15) is 4.90 Å². The molecule has 0 aliphatic heterocycles. The number of carbonyl (C=O) groups excluding carboxylic acids is 3. The Bertz CT molecular complexity index is 3850. The first-order valence-corrected chi connectivity index (χ1v) is 24.2. The molecule has 6 N–H and O–H groups in total. The molecule has 3 heterocycles. The maximum atomic E-state index is 14.4. The van der Waals surface area contributed by atoms with Crippen LogP contribution in [0.25, 0.3) is 22.5 Å². The number of amides is 2. The van der Waals surface area contributed by atoms with Crippen molar-refractivity contribution in [2.45, 2.75) is 0 Å². The summed E-state index contributed by atoms with van der Waals surface area (Å²) >= 11 is 10.4. The summed E-state index contributed by atoms with van der Waals surface area (Å²) in [5.74, 6) is -5.83. The molecule has 2 amide bonds. The van der Waals surface area contributed by atoms with E-state index in [0.717, 1.165) is 48.5 Å². The van der Waals surface area contributed by atoms with Crippen LogP contribution in [0.15, 0.2) is 182 Å². The Kier molecular flexibility index (Phi) is 24.0. The van der Waals surface area contributed by atoms with Gasteiger partial charge in [-0.3, -0.25) is 30.3 Å². The van der Waals surface area contributed by atoms with Gasteiger partial charge in [0.25, 0.3) is 0 Å². The Morgan fingerprint density at radius 2 is 0.860 bits per heavy atom. The molecule has 32 heteroatoms. The van der Waals surface area contributed by atoms with Gasteiger partial charge < -0.3 is 35.7 Å². The number of aromatic nitrogens is 3. The second kappa shape index (κ2) is 31.4. The first-order chi connectivity index (χ1) is 40.8. The lowest BCUT2D eigenvalue weighted by Gasteiger charge is -2.19. The third-order valence-corrected chi connectivity index (χ3v) is 10.6. The van der Waals surface area contributed by atoms with Crippen LogP contribution in [-0.4, -0.2) is 64.5 Å². The Morgan fingerprint density at radius 1 is 0.488 bits per heavy atom. The molecule has 0 unspecified atom stereocenters. The van der Waals surface area contributed by atoms with Gasteiger partial charge in [0.15, 0.2) is 0 Å². The number of nitrogen functional groups attached to an aromatic ring is 2. The maximum absolute atomic E-state index is 14.4. The molecular formula is C54H36BCl2F6N9O14. The molecule has 86 heavy (non-hydrogen) atoms. The first-order valence-electron chi connectivity index (χ1n) is 23.4. The minimum Gasteiger partial charge on any atom is -0.423 e. The zero-order valence-corrected chi connectivity index (χ0v) is 44.5. The number of imide groups is 1. The highest BCUT2D eigenvalue weighted by Gasteiger charge is 2.36. The number of ether oxygens (including phenoxy) is 3. The lowest BCUT2D eigenvalue weighted by Crippen LogP contribution is -2.42. The van der Waals surface area contributed by atoms with Crippen LogP contribution in [0.4, 0.5) is 75.2 Å². The quantitative estimate of drug-likeness (QED) is 0.0247. The van der Waals surface area contributed by atoms with Crippen molar-refractivity contribution in [3.63, 3.8) is 0 Å². The monoisotopic (exact) mass is 1230 g/mol. The van der Waals surface area contributed by atoms with E-state index in [-0.39, 0.29) is 72.5 Å². The molecule has 0 fully saturated rings. The summed E-state index contributed by atoms with van der Waals surface area (Å²) < 4.78 is 93.7. The number of para-hydroxylation sites is 3. The highest BCUT2D eigenvalue weighted by Crippen LogP contribution is 2.33. The second-order valence-corrected chi connectivity index (χ2v) is 16.8. The molecule has 0 radical (unpaired) electrons. The number of rotatable bonds is 10. The smallest absolute Gasteiger partial charge is 0.423 e. The molecular weight excluding hydrogens is 1190 g/mol. The fraction of sp³-hybridized carbons (Fsp3) is 0. The van der Waals surface area contributed by atoms with Crippen LogP contribution < -0.4 is 36.0 Å². The molecule has 9 aromatic rings. The van der Waals surface area contributed by atoms with Crippen molar-refractivity contribution in [1.82, 2.24) is 15.0 Å².